The molecular weight excluding hydrogens is 556 g/mol. The van der Waals surface area contributed by atoms with Crippen LogP contribution in [-0.4, -0.2) is 53.5 Å². The van der Waals surface area contributed by atoms with E-state index in [1.165, 1.54) is 23.9 Å². The SMILES string of the molecule is COc1ccc2nccc(C(F)CC[C@@H]3CCN(CCCSc4ccccc4C(F)(F)F)C[C@@H]3CCC(=O)O)c2c1. The Balaban J connectivity index is 1.32. The Hall–Kier alpha value is -2.85. The van der Waals surface area contributed by atoms with E-state index in [9.17, 15) is 23.1 Å². The van der Waals surface area contributed by atoms with Crippen molar-refractivity contribution in [3.05, 3.63) is 65.9 Å². The highest BCUT2D eigenvalue weighted by molar-refractivity contribution is 7.99. The Morgan fingerprint density at radius 1 is 1.17 bits per heavy atom. The summed E-state index contributed by atoms with van der Waals surface area (Å²) in [5, 5.41) is 10.0. The van der Waals surface area contributed by atoms with Crippen molar-refractivity contribution in [2.24, 2.45) is 11.8 Å². The molecule has 0 bridgehead atoms. The molecule has 3 atom stereocenters. The fraction of sp³-hybridized carbons (Fsp3) is 0.484. The van der Waals surface area contributed by atoms with Gasteiger partial charge in [0.15, 0.2) is 0 Å². The van der Waals surface area contributed by atoms with Crippen LogP contribution in [0.5, 0.6) is 5.75 Å². The number of aliphatic carboxylic acids is 1. The molecule has 0 aliphatic carbocycles. The molecule has 222 valence electrons. The molecule has 3 aromatic rings. The van der Waals surface area contributed by atoms with Crippen molar-refractivity contribution in [3.63, 3.8) is 0 Å². The first-order valence-electron chi connectivity index (χ1n) is 14.0. The number of piperidine rings is 1. The number of alkyl halides is 4. The third kappa shape index (κ3) is 8.58. The molecule has 10 heteroatoms. The lowest BCUT2D eigenvalue weighted by atomic mass is 9.79. The number of hydrogen-bond acceptors (Lipinski definition) is 5. The number of benzene rings is 2. The number of likely N-dealkylation sites (tertiary alicyclic amines) is 1. The van der Waals surface area contributed by atoms with Crippen LogP contribution in [0.25, 0.3) is 10.9 Å². The highest BCUT2D eigenvalue weighted by Gasteiger charge is 2.33. The number of carbonyl (C=O) groups is 1. The minimum absolute atomic E-state index is 0.0624. The molecular formula is C31H36F4N2O3S. The van der Waals surface area contributed by atoms with Crippen LogP contribution < -0.4 is 4.74 Å². The van der Waals surface area contributed by atoms with Gasteiger partial charge in [0.2, 0.25) is 0 Å². The number of halogens is 4. The fourth-order valence-electron chi connectivity index (χ4n) is 5.73. The van der Waals surface area contributed by atoms with Gasteiger partial charge < -0.3 is 14.7 Å². The average Bonchev–Trinajstić information content (AvgIpc) is 2.96. The van der Waals surface area contributed by atoms with E-state index >= 15 is 4.39 Å². The van der Waals surface area contributed by atoms with Gasteiger partial charge in [-0.25, -0.2) is 4.39 Å². The summed E-state index contributed by atoms with van der Waals surface area (Å²) in [5.41, 5.74) is 0.682. The second-order valence-electron chi connectivity index (χ2n) is 10.6. The molecule has 4 rings (SSSR count). The second kappa shape index (κ2) is 14.4. The van der Waals surface area contributed by atoms with Crippen LogP contribution in [-0.2, 0) is 11.0 Å². The smallest absolute Gasteiger partial charge is 0.417 e. The van der Waals surface area contributed by atoms with Gasteiger partial charge in [-0.05, 0) is 105 Å². The number of rotatable bonds is 13. The Morgan fingerprint density at radius 2 is 1.98 bits per heavy atom. The number of thioether (sulfide) groups is 1. The number of carboxylic acids is 1. The third-order valence-electron chi connectivity index (χ3n) is 7.88. The Labute approximate surface area is 242 Å². The number of pyridine rings is 1. The number of hydrogen-bond donors (Lipinski definition) is 1. The van der Waals surface area contributed by atoms with Gasteiger partial charge in [-0.15, -0.1) is 11.8 Å². The molecule has 1 aliphatic rings. The summed E-state index contributed by atoms with van der Waals surface area (Å²) in [6.07, 6.45) is -0.809. The van der Waals surface area contributed by atoms with Crippen molar-refractivity contribution in [3.8, 4) is 5.75 Å². The molecule has 1 aromatic heterocycles. The average molecular weight is 593 g/mol. The van der Waals surface area contributed by atoms with Crippen LogP contribution in [0.4, 0.5) is 17.6 Å². The zero-order chi connectivity index (χ0) is 29.4. The first-order valence-corrected chi connectivity index (χ1v) is 14.9. The van der Waals surface area contributed by atoms with Crippen LogP contribution >= 0.6 is 11.8 Å². The normalized spacial score (nSPS) is 18.9. The first kappa shape index (κ1) is 31.1. The monoisotopic (exact) mass is 592 g/mol. The molecule has 1 unspecified atom stereocenters. The van der Waals surface area contributed by atoms with Gasteiger partial charge in [0, 0.05) is 29.4 Å². The molecule has 41 heavy (non-hydrogen) atoms. The lowest BCUT2D eigenvalue weighted by Gasteiger charge is -2.39. The van der Waals surface area contributed by atoms with E-state index in [0.29, 0.717) is 48.4 Å². The number of aromatic nitrogens is 1. The van der Waals surface area contributed by atoms with Crippen molar-refractivity contribution >= 4 is 28.6 Å². The number of fused-ring (bicyclic) bond motifs is 1. The zero-order valence-electron chi connectivity index (χ0n) is 23.1. The number of methoxy groups -OCH3 is 1. The Bertz CT molecular complexity index is 1310. The van der Waals surface area contributed by atoms with Crippen molar-refractivity contribution < 1.29 is 32.2 Å². The first-order chi connectivity index (χ1) is 19.7. The second-order valence-corrected chi connectivity index (χ2v) is 11.7. The molecule has 5 nitrogen and oxygen atoms in total. The van der Waals surface area contributed by atoms with Crippen LogP contribution in [0, 0.1) is 11.8 Å². The van der Waals surface area contributed by atoms with Crippen LogP contribution in [0.3, 0.4) is 0 Å². The lowest BCUT2D eigenvalue weighted by Crippen LogP contribution is -2.41. The van der Waals surface area contributed by atoms with Crippen molar-refractivity contribution in [2.45, 2.75) is 55.8 Å². The zero-order valence-corrected chi connectivity index (χ0v) is 23.9. The van der Waals surface area contributed by atoms with E-state index in [2.05, 4.69) is 9.88 Å². The summed E-state index contributed by atoms with van der Waals surface area (Å²) in [6, 6.07) is 12.8. The number of carboxylic acid groups (broad SMARTS) is 1. The number of nitrogens with zero attached hydrogens (tertiary/aromatic N) is 2. The van der Waals surface area contributed by atoms with Crippen LogP contribution in [0.1, 0.15) is 55.8 Å². The maximum Gasteiger partial charge on any atom is 0.417 e. The Morgan fingerprint density at radius 3 is 2.73 bits per heavy atom. The van der Waals surface area contributed by atoms with Crippen LogP contribution in [0.15, 0.2) is 59.6 Å². The molecule has 0 radical (unpaired) electrons. The van der Waals surface area contributed by atoms with E-state index in [0.717, 1.165) is 37.4 Å². The lowest BCUT2D eigenvalue weighted by molar-refractivity contribution is -0.140. The van der Waals surface area contributed by atoms with Gasteiger partial charge in [-0.3, -0.25) is 9.78 Å². The molecule has 2 heterocycles. The quantitative estimate of drug-likeness (QED) is 0.123. The minimum atomic E-state index is -4.38. The predicted molar refractivity (Wildman–Crippen MR) is 153 cm³/mol. The highest BCUT2D eigenvalue weighted by atomic mass is 32.2. The van der Waals surface area contributed by atoms with Crippen molar-refractivity contribution in [1.82, 2.24) is 9.88 Å². The van der Waals surface area contributed by atoms with Gasteiger partial charge in [-0.2, -0.15) is 13.2 Å². The molecule has 1 aliphatic heterocycles. The van der Waals surface area contributed by atoms with E-state index in [4.69, 9.17) is 4.74 Å². The van der Waals surface area contributed by atoms with Crippen LogP contribution in [0.2, 0.25) is 0 Å². The maximum atomic E-state index is 15.6. The number of ether oxygens (including phenoxy) is 1. The van der Waals surface area contributed by atoms with Gasteiger partial charge in [-0.1, -0.05) is 12.1 Å². The fourth-order valence-corrected chi connectivity index (χ4v) is 6.74. The molecule has 0 spiro atoms. The maximum absolute atomic E-state index is 15.6. The van der Waals surface area contributed by atoms with E-state index in [1.807, 2.05) is 6.07 Å². The van der Waals surface area contributed by atoms with E-state index in [1.54, 1.807) is 37.6 Å². The van der Waals surface area contributed by atoms with Gasteiger partial charge >= 0.3 is 12.1 Å². The largest absolute Gasteiger partial charge is 0.497 e. The third-order valence-corrected chi connectivity index (χ3v) is 9.04. The van der Waals surface area contributed by atoms with Gasteiger partial charge in [0.1, 0.15) is 11.9 Å². The summed E-state index contributed by atoms with van der Waals surface area (Å²) in [6.45, 7) is 2.26. The molecule has 0 saturated carbocycles. The summed E-state index contributed by atoms with van der Waals surface area (Å²) in [5.74, 6) is 0.685. The molecule has 0 amide bonds. The molecule has 1 fully saturated rings. The molecule has 1 saturated heterocycles. The van der Waals surface area contributed by atoms with E-state index < -0.39 is 23.9 Å². The van der Waals surface area contributed by atoms with Gasteiger partial charge in [0.25, 0.3) is 0 Å². The summed E-state index contributed by atoms with van der Waals surface area (Å²) >= 11 is 1.21. The minimum Gasteiger partial charge on any atom is -0.497 e. The summed E-state index contributed by atoms with van der Waals surface area (Å²) in [4.78, 5) is 18.2. The van der Waals surface area contributed by atoms with Gasteiger partial charge in [0.05, 0.1) is 18.2 Å². The summed E-state index contributed by atoms with van der Waals surface area (Å²) in [7, 11) is 1.57. The highest BCUT2D eigenvalue weighted by Crippen LogP contribution is 2.38. The topological polar surface area (TPSA) is 62.7 Å². The van der Waals surface area contributed by atoms with E-state index in [-0.39, 0.29) is 23.2 Å². The molecule has 1 N–H and O–H groups in total. The molecule has 2 aromatic carbocycles. The van der Waals surface area contributed by atoms with Crippen molar-refractivity contribution in [1.29, 1.82) is 0 Å². The summed E-state index contributed by atoms with van der Waals surface area (Å²) < 4.78 is 60.7. The Kier molecular flexibility index (Phi) is 10.9. The standard InChI is InChI=1S/C31H36F4N2O3S/c1-40-23-9-11-28-25(19-23)24(13-15-36-28)27(32)10-7-21-14-17-37(20-22(21)8-12-30(38)39)16-4-18-41-29-6-3-2-5-26(29)31(33,34)35/h2-3,5-6,9,11,13,15,19,21-22,27H,4,7-8,10,12,14,16-18,20H2,1H3,(H,38,39)/t21-,22+,27?/m1/s1. The van der Waals surface area contributed by atoms with Crippen molar-refractivity contribution in [2.75, 3.05) is 32.5 Å². The predicted octanol–water partition coefficient (Wildman–Crippen LogP) is 8.04.